The Morgan fingerprint density at radius 3 is 2.88 bits per heavy atom. The van der Waals surface area contributed by atoms with E-state index in [4.69, 9.17) is 4.74 Å². The number of ether oxygens (including phenoxy) is 1. The van der Waals surface area contributed by atoms with Crippen molar-refractivity contribution in [3.63, 3.8) is 0 Å². The summed E-state index contributed by atoms with van der Waals surface area (Å²) in [5.74, 6) is 0.0418. The van der Waals surface area contributed by atoms with Gasteiger partial charge in [0.05, 0.1) is 12.5 Å². The van der Waals surface area contributed by atoms with Crippen molar-refractivity contribution >= 4 is 11.6 Å². The van der Waals surface area contributed by atoms with Gasteiger partial charge < -0.3 is 10.1 Å². The highest BCUT2D eigenvalue weighted by Crippen LogP contribution is 2.18. The third kappa shape index (κ3) is 3.30. The average molecular weight is 233 g/mol. The zero-order valence-electron chi connectivity index (χ0n) is 10.5. The minimum atomic E-state index is 0.0418. The summed E-state index contributed by atoms with van der Waals surface area (Å²) in [6.45, 7) is 4.90. The lowest BCUT2D eigenvalue weighted by Crippen LogP contribution is -2.19. The largest absolute Gasteiger partial charge is 0.378 e. The summed E-state index contributed by atoms with van der Waals surface area (Å²) in [6.07, 6.45) is 2.65. The smallest absolute Gasteiger partial charge is 0.226 e. The highest BCUT2D eigenvalue weighted by Gasteiger charge is 2.18. The summed E-state index contributed by atoms with van der Waals surface area (Å²) in [5.41, 5.74) is 3.30. The maximum absolute atomic E-state index is 11.8. The van der Waals surface area contributed by atoms with Gasteiger partial charge in [-0.3, -0.25) is 4.79 Å². The molecule has 1 heterocycles. The molecule has 1 aromatic carbocycles. The predicted molar refractivity (Wildman–Crippen MR) is 68.1 cm³/mol. The van der Waals surface area contributed by atoms with Crippen molar-refractivity contribution in [2.24, 2.45) is 0 Å². The normalized spacial score (nSPS) is 19.3. The molecule has 0 bridgehead atoms. The summed E-state index contributed by atoms with van der Waals surface area (Å²) in [6, 6.07) is 5.97. The first-order valence-corrected chi connectivity index (χ1v) is 6.14. The second-order valence-corrected chi connectivity index (χ2v) is 4.69. The SMILES string of the molecule is Cc1ccc(NC(=O)CC2CCCO2)cc1C. The molecule has 3 nitrogen and oxygen atoms in total. The number of hydrogen-bond acceptors (Lipinski definition) is 2. The first kappa shape index (κ1) is 12.1. The number of benzene rings is 1. The fraction of sp³-hybridized carbons (Fsp3) is 0.500. The number of aryl methyl sites for hydroxylation is 2. The standard InChI is InChI=1S/C14H19NO2/c1-10-5-6-12(8-11(10)2)15-14(16)9-13-4-3-7-17-13/h5-6,8,13H,3-4,7,9H2,1-2H3,(H,15,16). The third-order valence-corrected chi connectivity index (χ3v) is 3.23. The molecule has 1 fully saturated rings. The first-order valence-electron chi connectivity index (χ1n) is 6.14. The first-order chi connectivity index (χ1) is 8.15. The molecule has 1 aromatic rings. The van der Waals surface area contributed by atoms with Crippen LogP contribution in [0.25, 0.3) is 0 Å². The maximum atomic E-state index is 11.8. The van der Waals surface area contributed by atoms with Gasteiger partial charge in [0.1, 0.15) is 0 Å². The molecule has 1 saturated heterocycles. The Balaban J connectivity index is 1.90. The van der Waals surface area contributed by atoms with Gasteiger partial charge in [0.15, 0.2) is 0 Å². The quantitative estimate of drug-likeness (QED) is 0.871. The molecular weight excluding hydrogens is 214 g/mol. The van der Waals surface area contributed by atoms with Crippen LogP contribution in [-0.4, -0.2) is 18.6 Å². The van der Waals surface area contributed by atoms with Crippen molar-refractivity contribution < 1.29 is 9.53 Å². The summed E-state index contributed by atoms with van der Waals surface area (Å²) < 4.78 is 5.44. The molecular formula is C14H19NO2. The molecule has 2 rings (SSSR count). The van der Waals surface area contributed by atoms with Gasteiger partial charge in [0, 0.05) is 12.3 Å². The van der Waals surface area contributed by atoms with Gasteiger partial charge in [-0.2, -0.15) is 0 Å². The molecule has 1 amide bonds. The van der Waals surface area contributed by atoms with Crippen molar-refractivity contribution in [2.75, 3.05) is 11.9 Å². The van der Waals surface area contributed by atoms with Crippen molar-refractivity contribution in [2.45, 2.75) is 39.2 Å². The predicted octanol–water partition coefficient (Wildman–Crippen LogP) is 2.81. The summed E-state index contributed by atoms with van der Waals surface area (Å²) >= 11 is 0. The number of nitrogens with one attached hydrogen (secondary N) is 1. The Morgan fingerprint density at radius 1 is 1.41 bits per heavy atom. The van der Waals surface area contributed by atoms with Gasteiger partial charge in [0.2, 0.25) is 5.91 Å². The Labute approximate surface area is 102 Å². The van der Waals surface area contributed by atoms with E-state index in [9.17, 15) is 4.79 Å². The van der Waals surface area contributed by atoms with E-state index in [1.54, 1.807) is 0 Å². The van der Waals surface area contributed by atoms with Crippen molar-refractivity contribution in [1.82, 2.24) is 0 Å². The van der Waals surface area contributed by atoms with Crippen LogP contribution in [0.2, 0.25) is 0 Å². The van der Waals surface area contributed by atoms with Crippen LogP contribution in [0.3, 0.4) is 0 Å². The molecule has 1 unspecified atom stereocenters. The highest BCUT2D eigenvalue weighted by atomic mass is 16.5. The minimum absolute atomic E-state index is 0.0418. The molecule has 0 spiro atoms. The van der Waals surface area contributed by atoms with Crippen LogP contribution in [0.1, 0.15) is 30.4 Å². The van der Waals surface area contributed by atoms with Crippen LogP contribution in [-0.2, 0) is 9.53 Å². The Morgan fingerprint density at radius 2 is 2.24 bits per heavy atom. The fourth-order valence-electron chi connectivity index (χ4n) is 2.04. The van der Waals surface area contributed by atoms with E-state index < -0.39 is 0 Å². The second kappa shape index (κ2) is 5.32. The van der Waals surface area contributed by atoms with Crippen molar-refractivity contribution in [3.8, 4) is 0 Å². The molecule has 0 saturated carbocycles. The van der Waals surface area contributed by atoms with Gasteiger partial charge in [-0.25, -0.2) is 0 Å². The van der Waals surface area contributed by atoms with Gasteiger partial charge in [0.25, 0.3) is 0 Å². The molecule has 1 N–H and O–H groups in total. The van der Waals surface area contributed by atoms with Crippen molar-refractivity contribution in [1.29, 1.82) is 0 Å². The lowest BCUT2D eigenvalue weighted by Gasteiger charge is -2.10. The highest BCUT2D eigenvalue weighted by molar-refractivity contribution is 5.91. The lowest BCUT2D eigenvalue weighted by atomic mass is 10.1. The average Bonchev–Trinajstić information content (AvgIpc) is 2.76. The van der Waals surface area contributed by atoms with E-state index in [1.165, 1.54) is 11.1 Å². The van der Waals surface area contributed by atoms with Crippen LogP contribution >= 0.6 is 0 Å². The van der Waals surface area contributed by atoms with Crippen molar-refractivity contribution in [3.05, 3.63) is 29.3 Å². The Kier molecular flexibility index (Phi) is 3.79. The van der Waals surface area contributed by atoms with Gasteiger partial charge >= 0.3 is 0 Å². The Bertz CT molecular complexity index is 409. The van der Waals surface area contributed by atoms with Crippen LogP contribution in [0.5, 0.6) is 0 Å². The molecule has 0 aromatic heterocycles. The Hall–Kier alpha value is -1.35. The fourth-order valence-corrected chi connectivity index (χ4v) is 2.04. The van der Waals surface area contributed by atoms with Crippen LogP contribution in [0, 0.1) is 13.8 Å². The monoisotopic (exact) mass is 233 g/mol. The topological polar surface area (TPSA) is 38.3 Å². The lowest BCUT2D eigenvalue weighted by molar-refractivity contribution is -0.118. The van der Waals surface area contributed by atoms with E-state index in [-0.39, 0.29) is 12.0 Å². The van der Waals surface area contributed by atoms with Gasteiger partial charge in [-0.1, -0.05) is 6.07 Å². The zero-order chi connectivity index (χ0) is 12.3. The minimum Gasteiger partial charge on any atom is -0.378 e. The summed E-state index contributed by atoms with van der Waals surface area (Å²) in [5, 5.41) is 2.92. The van der Waals surface area contributed by atoms with Crippen LogP contribution in [0.4, 0.5) is 5.69 Å². The molecule has 0 radical (unpaired) electrons. The van der Waals surface area contributed by atoms with Crippen LogP contribution < -0.4 is 5.32 Å². The number of rotatable bonds is 3. The van der Waals surface area contributed by atoms with Crippen LogP contribution in [0.15, 0.2) is 18.2 Å². The second-order valence-electron chi connectivity index (χ2n) is 4.69. The van der Waals surface area contributed by atoms with E-state index in [0.29, 0.717) is 6.42 Å². The number of hydrogen-bond donors (Lipinski definition) is 1. The molecule has 17 heavy (non-hydrogen) atoms. The molecule has 1 aliphatic rings. The molecule has 1 aliphatic heterocycles. The molecule has 1 atom stereocenters. The number of carbonyl (C=O) groups excluding carboxylic acids is 1. The number of carbonyl (C=O) groups is 1. The van der Waals surface area contributed by atoms with E-state index >= 15 is 0 Å². The number of amides is 1. The maximum Gasteiger partial charge on any atom is 0.226 e. The molecule has 92 valence electrons. The summed E-state index contributed by atoms with van der Waals surface area (Å²) in [4.78, 5) is 11.8. The van der Waals surface area contributed by atoms with E-state index in [1.807, 2.05) is 25.1 Å². The van der Waals surface area contributed by atoms with Gasteiger partial charge in [-0.05, 0) is 49.9 Å². The number of anilines is 1. The third-order valence-electron chi connectivity index (χ3n) is 3.23. The molecule has 3 heteroatoms. The van der Waals surface area contributed by atoms with E-state index in [0.717, 1.165) is 25.1 Å². The molecule has 0 aliphatic carbocycles. The summed E-state index contributed by atoms with van der Waals surface area (Å²) in [7, 11) is 0. The van der Waals surface area contributed by atoms with Gasteiger partial charge in [-0.15, -0.1) is 0 Å². The zero-order valence-corrected chi connectivity index (χ0v) is 10.5. The van der Waals surface area contributed by atoms with E-state index in [2.05, 4.69) is 12.2 Å².